The molecular formula is C28H43N3S. The van der Waals surface area contributed by atoms with Gasteiger partial charge in [0.05, 0.1) is 10.7 Å². The van der Waals surface area contributed by atoms with E-state index in [1.807, 2.05) is 18.4 Å². The van der Waals surface area contributed by atoms with Crippen LogP contribution in [-0.2, 0) is 10.8 Å². The van der Waals surface area contributed by atoms with Crippen molar-refractivity contribution >= 4 is 11.3 Å². The van der Waals surface area contributed by atoms with Gasteiger partial charge in [-0.3, -0.25) is 0 Å². The van der Waals surface area contributed by atoms with Gasteiger partial charge in [0.15, 0.2) is 0 Å². The predicted molar refractivity (Wildman–Crippen MR) is 139 cm³/mol. The number of rotatable bonds is 8. The minimum Gasteiger partial charge on any atom is -0.320 e. The summed E-state index contributed by atoms with van der Waals surface area (Å²) >= 11 is 1.88. The highest BCUT2D eigenvalue weighted by molar-refractivity contribution is 7.10. The lowest BCUT2D eigenvalue weighted by molar-refractivity contribution is 0.208. The first kappa shape index (κ1) is 23.9. The Kier molecular flexibility index (Phi) is 7.43. The molecule has 1 aromatic heterocycles. The van der Waals surface area contributed by atoms with Crippen molar-refractivity contribution in [1.29, 1.82) is 0 Å². The summed E-state index contributed by atoms with van der Waals surface area (Å²) in [6.07, 6.45) is 9.01. The van der Waals surface area contributed by atoms with E-state index >= 15 is 0 Å². The first-order valence-electron chi connectivity index (χ1n) is 12.8. The zero-order valence-electron chi connectivity index (χ0n) is 21.0. The highest BCUT2D eigenvalue weighted by Crippen LogP contribution is 2.47. The summed E-state index contributed by atoms with van der Waals surface area (Å²) in [6.45, 7) is 14.5. The molecule has 0 bridgehead atoms. The molecule has 1 saturated heterocycles. The third-order valence-corrected chi connectivity index (χ3v) is 9.02. The van der Waals surface area contributed by atoms with E-state index in [-0.39, 0.29) is 10.8 Å². The third-order valence-electron chi connectivity index (χ3n) is 8.01. The summed E-state index contributed by atoms with van der Waals surface area (Å²) in [4.78, 5) is 7.82. The number of piperidine rings is 1. The van der Waals surface area contributed by atoms with Crippen LogP contribution in [0.2, 0.25) is 0 Å². The van der Waals surface area contributed by atoms with E-state index < -0.39 is 0 Å². The van der Waals surface area contributed by atoms with Gasteiger partial charge in [-0.15, -0.1) is 11.3 Å². The van der Waals surface area contributed by atoms with Gasteiger partial charge in [0, 0.05) is 16.9 Å². The molecule has 1 aromatic carbocycles. The van der Waals surface area contributed by atoms with Gasteiger partial charge < -0.3 is 10.2 Å². The Morgan fingerprint density at radius 3 is 2.44 bits per heavy atom. The van der Waals surface area contributed by atoms with Crippen LogP contribution in [0.15, 0.2) is 23.6 Å². The van der Waals surface area contributed by atoms with Crippen molar-refractivity contribution in [2.24, 2.45) is 0 Å². The molecule has 3 nitrogen and oxygen atoms in total. The number of hydrogen-bond donors (Lipinski definition) is 1. The van der Waals surface area contributed by atoms with Crippen molar-refractivity contribution in [3.05, 3.63) is 39.7 Å². The second kappa shape index (κ2) is 9.95. The SMILES string of the molecule is CNCCCCCN1CCC(c2nc(-c3ccc4c(c3)C(C)(C)CCC4(C)C)cs2)CC1. The van der Waals surface area contributed by atoms with E-state index in [1.165, 1.54) is 92.0 Å². The Balaban J connectivity index is 1.39. The van der Waals surface area contributed by atoms with Crippen LogP contribution in [0.3, 0.4) is 0 Å². The number of nitrogens with one attached hydrogen (secondary N) is 1. The van der Waals surface area contributed by atoms with E-state index in [1.54, 1.807) is 0 Å². The Labute approximate surface area is 200 Å². The molecule has 2 heterocycles. The van der Waals surface area contributed by atoms with Gasteiger partial charge in [-0.1, -0.05) is 46.2 Å². The number of benzene rings is 1. The highest BCUT2D eigenvalue weighted by Gasteiger charge is 2.37. The molecule has 4 heteroatoms. The molecule has 1 N–H and O–H groups in total. The van der Waals surface area contributed by atoms with Crippen molar-refractivity contribution in [2.75, 3.05) is 33.2 Å². The summed E-state index contributed by atoms with van der Waals surface area (Å²) in [7, 11) is 2.04. The molecular weight excluding hydrogens is 410 g/mol. The van der Waals surface area contributed by atoms with E-state index in [9.17, 15) is 0 Å². The monoisotopic (exact) mass is 453 g/mol. The average molecular weight is 454 g/mol. The van der Waals surface area contributed by atoms with Crippen molar-refractivity contribution in [3.8, 4) is 11.3 Å². The smallest absolute Gasteiger partial charge is 0.0964 e. The fourth-order valence-corrected chi connectivity index (χ4v) is 6.57. The molecule has 176 valence electrons. The van der Waals surface area contributed by atoms with Gasteiger partial charge in [0.2, 0.25) is 0 Å². The molecule has 1 fully saturated rings. The zero-order valence-corrected chi connectivity index (χ0v) is 21.8. The van der Waals surface area contributed by atoms with Crippen LogP contribution in [0, 0.1) is 0 Å². The van der Waals surface area contributed by atoms with Gasteiger partial charge in [0.1, 0.15) is 0 Å². The summed E-state index contributed by atoms with van der Waals surface area (Å²) in [5.41, 5.74) is 6.07. The van der Waals surface area contributed by atoms with E-state index in [4.69, 9.17) is 4.98 Å². The fourth-order valence-electron chi connectivity index (χ4n) is 5.57. The maximum atomic E-state index is 5.15. The van der Waals surface area contributed by atoms with Crippen LogP contribution in [0.5, 0.6) is 0 Å². The molecule has 2 aliphatic rings. The second-order valence-electron chi connectivity index (χ2n) is 11.4. The van der Waals surface area contributed by atoms with Crippen molar-refractivity contribution < 1.29 is 0 Å². The number of fused-ring (bicyclic) bond motifs is 1. The van der Waals surface area contributed by atoms with Crippen LogP contribution in [-0.4, -0.2) is 43.1 Å². The molecule has 0 amide bonds. The molecule has 0 atom stereocenters. The molecule has 1 aliphatic heterocycles. The lowest BCUT2D eigenvalue weighted by atomic mass is 9.63. The summed E-state index contributed by atoms with van der Waals surface area (Å²) in [6, 6.07) is 7.16. The van der Waals surface area contributed by atoms with E-state index in [0.717, 1.165) is 6.54 Å². The lowest BCUT2D eigenvalue weighted by Gasteiger charge is -2.42. The minimum absolute atomic E-state index is 0.250. The van der Waals surface area contributed by atoms with Crippen LogP contribution in [0.4, 0.5) is 0 Å². The first-order chi connectivity index (χ1) is 15.3. The largest absolute Gasteiger partial charge is 0.320 e. The maximum absolute atomic E-state index is 5.15. The van der Waals surface area contributed by atoms with Crippen molar-refractivity contribution in [3.63, 3.8) is 0 Å². The van der Waals surface area contributed by atoms with Gasteiger partial charge >= 0.3 is 0 Å². The number of thiazole rings is 1. The summed E-state index contributed by atoms with van der Waals surface area (Å²) in [5, 5.41) is 6.90. The highest BCUT2D eigenvalue weighted by atomic mass is 32.1. The minimum atomic E-state index is 0.250. The molecule has 0 saturated carbocycles. The number of nitrogens with zero attached hydrogens (tertiary/aromatic N) is 2. The van der Waals surface area contributed by atoms with Gasteiger partial charge in [0.25, 0.3) is 0 Å². The Morgan fingerprint density at radius 2 is 1.72 bits per heavy atom. The van der Waals surface area contributed by atoms with E-state index in [2.05, 4.69) is 61.5 Å². The molecule has 4 rings (SSSR count). The lowest BCUT2D eigenvalue weighted by Crippen LogP contribution is -2.33. The van der Waals surface area contributed by atoms with Crippen molar-refractivity contribution in [1.82, 2.24) is 15.2 Å². The first-order valence-corrected chi connectivity index (χ1v) is 13.7. The van der Waals surface area contributed by atoms with Crippen LogP contribution in [0.1, 0.15) is 94.7 Å². The molecule has 32 heavy (non-hydrogen) atoms. The summed E-state index contributed by atoms with van der Waals surface area (Å²) < 4.78 is 0. The third kappa shape index (κ3) is 5.29. The molecule has 1 aliphatic carbocycles. The van der Waals surface area contributed by atoms with Gasteiger partial charge in [-0.2, -0.15) is 0 Å². The summed E-state index contributed by atoms with van der Waals surface area (Å²) in [5.74, 6) is 0.641. The topological polar surface area (TPSA) is 28.2 Å². The Morgan fingerprint density at radius 1 is 1.00 bits per heavy atom. The van der Waals surface area contributed by atoms with Crippen LogP contribution in [0.25, 0.3) is 11.3 Å². The Bertz CT molecular complexity index is 890. The Hall–Kier alpha value is -1.23. The molecule has 0 unspecified atom stereocenters. The van der Waals surface area contributed by atoms with Crippen molar-refractivity contribution in [2.45, 2.75) is 89.4 Å². The van der Waals surface area contributed by atoms with Gasteiger partial charge in [-0.05, 0) is 99.8 Å². The van der Waals surface area contributed by atoms with Crippen LogP contribution >= 0.6 is 11.3 Å². The van der Waals surface area contributed by atoms with Gasteiger partial charge in [-0.25, -0.2) is 4.98 Å². The van der Waals surface area contributed by atoms with E-state index in [0.29, 0.717) is 5.92 Å². The zero-order chi connectivity index (χ0) is 22.8. The normalized spacial score (nSPS) is 20.9. The molecule has 0 radical (unpaired) electrons. The number of likely N-dealkylation sites (tertiary alicyclic amines) is 1. The predicted octanol–water partition coefficient (Wildman–Crippen LogP) is 6.73. The fraction of sp³-hybridized carbons (Fsp3) is 0.679. The quantitative estimate of drug-likeness (QED) is 0.449. The average Bonchev–Trinajstić information content (AvgIpc) is 3.27. The number of hydrogen-bond acceptors (Lipinski definition) is 4. The maximum Gasteiger partial charge on any atom is 0.0964 e. The number of aromatic nitrogens is 1. The molecule has 0 spiro atoms. The van der Waals surface area contributed by atoms with Crippen LogP contribution < -0.4 is 5.32 Å². The standard InChI is InChI=1S/C28H43N3S/c1-27(2)13-14-28(3,4)24-19-22(9-10-23(24)27)25-20-32-26(30-25)21-11-17-31(18-12-21)16-8-6-7-15-29-5/h9-10,19-21,29H,6-8,11-18H2,1-5H3. The second-order valence-corrected chi connectivity index (χ2v) is 12.3. The number of unbranched alkanes of at least 4 members (excludes halogenated alkanes) is 2. The molecule has 2 aromatic rings.